The summed E-state index contributed by atoms with van der Waals surface area (Å²) in [6, 6.07) is 6.18. The number of nitrogens with two attached hydrogens (primary N) is 1. The lowest BCUT2D eigenvalue weighted by Gasteiger charge is -2.20. The Morgan fingerprint density at radius 3 is 2.72 bits per heavy atom. The van der Waals surface area contributed by atoms with Crippen molar-refractivity contribution in [3.05, 3.63) is 35.1 Å². The number of nitrogens with zero attached hydrogens (tertiary/aromatic N) is 1. The van der Waals surface area contributed by atoms with Gasteiger partial charge in [0.1, 0.15) is 5.82 Å². The predicted molar refractivity (Wildman–Crippen MR) is 70.9 cm³/mol. The lowest BCUT2D eigenvalue weighted by molar-refractivity contribution is 0.313. The molecule has 1 saturated carbocycles. The number of rotatable bonds is 3. The van der Waals surface area contributed by atoms with Crippen LogP contribution in [0.3, 0.4) is 0 Å². The molecule has 2 N–H and O–H groups in total. The van der Waals surface area contributed by atoms with Gasteiger partial charge in [-0.15, -0.1) is 0 Å². The summed E-state index contributed by atoms with van der Waals surface area (Å²) in [5.41, 5.74) is 7.76. The SMILES string of the molecule is CN1CC(CN)CC1c1ccc(C2CC2)c(F)c1. The molecule has 18 heavy (non-hydrogen) atoms. The molecule has 0 amide bonds. The highest BCUT2D eigenvalue weighted by atomic mass is 19.1. The van der Waals surface area contributed by atoms with Crippen LogP contribution in [-0.2, 0) is 0 Å². The second kappa shape index (κ2) is 4.63. The van der Waals surface area contributed by atoms with Crippen LogP contribution in [0.5, 0.6) is 0 Å². The summed E-state index contributed by atoms with van der Waals surface area (Å²) < 4.78 is 14.1. The van der Waals surface area contributed by atoms with Crippen LogP contribution in [0.25, 0.3) is 0 Å². The van der Waals surface area contributed by atoms with Crippen molar-refractivity contribution in [2.45, 2.75) is 31.2 Å². The average molecular weight is 248 g/mol. The molecule has 1 aliphatic heterocycles. The van der Waals surface area contributed by atoms with Crippen molar-refractivity contribution in [3.63, 3.8) is 0 Å². The van der Waals surface area contributed by atoms with E-state index in [0.29, 0.717) is 17.9 Å². The highest BCUT2D eigenvalue weighted by Gasteiger charge is 2.31. The van der Waals surface area contributed by atoms with Gasteiger partial charge in [-0.1, -0.05) is 12.1 Å². The van der Waals surface area contributed by atoms with E-state index in [1.807, 2.05) is 6.07 Å². The fourth-order valence-electron chi connectivity index (χ4n) is 3.14. The van der Waals surface area contributed by atoms with Gasteiger partial charge < -0.3 is 5.73 Å². The summed E-state index contributed by atoms with van der Waals surface area (Å²) in [5, 5.41) is 0. The molecular weight excluding hydrogens is 227 g/mol. The Labute approximate surface area is 108 Å². The Kier molecular flexibility index (Phi) is 3.12. The topological polar surface area (TPSA) is 29.3 Å². The summed E-state index contributed by atoms with van der Waals surface area (Å²) in [6.07, 6.45) is 3.35. The molecule has 98 valence electrons. The number of likely N-dealkylation sites (tertiary alicyclic amines) is 1. The first-order valence-corrected chi connectivity index (χ1v) is 6.88. The van der Waals surface area contributed by atoms with E-state index in [0.717, 1.165) is 43.5 Å². The molecule has 1 aliphatic carbocycles. The molecule has 2 nitrogen and oxygen atoms in total. The van der Waals surface area contributed by atoms with E-state index < -0.39 is 0 Å². The molecular formula is C15H21FN2. The average Bonchev–Trinajstić information content (AvgIpc) is 3.12. The van der Waals surface area contributed by atoms with Crippen molar-refractivity contribution in [1.29, 1.82) is 0 Å². The molecule has 2 fully saturated rings. The Morgan fingerprint density at radius 2 is 2.17 bits per heavy atom. The van der Waals surface area contributed by atoms with Crippen LogP contribution in [0.15, 0.2) is 18.2 Å². The third kappa shape index (κ3) is 2.17. The van der Waals surface area contributed by atoms with Gasteiger partial charge in [0.05, 0.1) is 0 Å². The quantitative estimate of drug-likeness (QED) is 0.891. The molecule has 1 aromatic carbocycles. The number of hydrogen-bond donors (Lipinski definition) is 1. The maximum absolute atomic E-state index is 14.1. The molecule has 1 heterocycles. The third-order valence-electron chi connectivity index (χ3n) is 4.39. The van der Waals surface area contributed by atoms with Crippen molar-refractivity contribution in [1.82, 2.24) is 4.90 Å². The Bertz CT molecular complexity index is 442. The van der Waals surface area contributed by atoms with Gasteiger partial charge in [0.2, 0.25) is 0 Å². The van der Waals surface area contributed by atoms with Gasteiger partial charge in [0.15, 0.2) is 0 Å². The minimum absolute atomic E-state index is 0.0143. The van der Waals surface area contributed by atoms with Gasteiger partial charge in [0.25, 0.3) is 0 Å². The van der Waals surface area contributed by atoms with Gasteiger partial charge >= 0.3 is 0 Å². The lowest BCUT2D eigenvalue weighted by Crippen LogP contribution is -2.20. The third-order valence-corrected chi connectivity index (χ3v) is 4.39. The summed E-state index contributed by atoms with van der Waals surface area (Å²) >= 11 is 0. The highest BCUT2D eigenvalue weighted by molar-refractivity contribution is 5.31. The van der Waals surface area contributed by atoms with Crippen molar-refractivity contribution < 1.29 is 4.39 Å². The molecule has 0 radical (unpaired) electrons. The molecule has 0 spiro atoms. The van der Waals surface area contributed by atoms with Crippen molar-refractivity contribution in [2.24, 2.45) is 11.7 Å². The number of halogens is 1. The summed E-state index contributed by atoms with van der Waals surface area (Å²) in [7, 11) is 2.10. The van der Waals surface area contributed by atoms with Crippen LogP contribution in [0, 0.1) is 11.7 Å². The fourth-order valence-corrected chi connectivity index (χ4v) is 3.14. The zero-order valence-corrected chi connectivity index (χ0v) is 10.9. The van der Waals surface area contributed by atoms with E-state index >= 15 is 0 Å². The fraction of sp³-hybridized carbons (Fsp3) is 0.600. The molecule has 2 aliphatic rings. The first kappa shape index (κ1) is 12.1. The van der Waals surface area contributed by atoms with Gasteiger partial charge in [-0.25, -0.2) is 4.39 Å². The molecule has 2 unspecified atom stereocenters. The Morgan fingerprint density at radius 1 is 1.39 bits per heavy atom. The van der Waals surface area contributed by atoms with Crippen LogP contribution >= 0.6 is 0 Å². The van der Waals surface area contributed by atoms with E-state index in [-0.39, 0.29) is 5.82 Å². The zero-order valence-electron chi connectivity index (χ0n) is 10.9. The monoisotopic (exact) mass is 248 g/mol. The lowest BCUT2D eigenvalue weighted by atomic mass is 9.98. The van der Waals surface area contributed by atoms with Crippen LogP contribution < -0.4 is 5.73 Å². The standard InChI is InChI=1S/C15H21FN2/c1-18-9-10(8-17)6-15(18)12-4-5-13(11-2-3-11)14(16)7-12/h4-5,7,10-11,15H,2-3,6,8-9,17H2,1H3. The van der Waals surface area contributed by atoms with Gasteiger partial charge in [-0.2, -0.15) is 0 Å². The minimum Gasteiger partial charge on any atom is -0.330 e. The molecule has 0 bridgehead atoms. The summed E-state index contributed by atoms with van der Waals surface area (Å²) in [4.78, 5) is 2.29. The van der Waals surface area contributed by atoms with Crippen LogP contribution in [-0.4, -0.2) is 25.0 Å². The normalized spacial score (nSPS) is 28.8. The molecule has 2 atom stereocenters. The van der Waals surface area contributed by atoms with Gasteiger partial charge in [0, 0.05) is 12.6 Å². The van der Waals surface area contributed by atoms with E-state index in [1.54, 1.807) is 6.07 Å². The van der Waals surface area contributed by atoms with Crippen LogP contribution in [0.1, 0.15) is 42.3 Å². The van der Waals surface area contributed by atoms with E-state index in [1.165, 1.54) is 0 Å². The maximum Gasteiger partial charge on any atom is 0.127 e. The van der Waals surface area contributed by atoms with E-state index in [4.69, 9.17) is 5.73 Å². The second-order valence-electron chi connectivity index (χ2n) is 5.85. The molecule has 1 saturated heterocycles. The molecule has 3 heteroatoms. The maximum atomic E-state index is 14.1. The number of hydrogen-bond acceptors (Lipinski definition) is 2. The Hall–Kier alpha value is -0.930. The van der Waals surface area contributed by atoms with E-state index in [2.05, 4.69) is 18.0 Å². The van der Waals surface area contributed by atoms with Crippen molar-refractivity contribution in [3.8, 4) is 0 Å². The van der Waals surface area contributed by atoms with Crippen LogP contribution in [0.2, 0.25) is 0 Å². The van der Waals surface area contributed by atoms with Crippen molar-refractivity contribution >= 4 is 0 Å². The first-order chi connectivity index (χ1) is 8.69. The van der Waals surface area contributed by atoms with Crippen molar-refractivity contribution in [2.75, 3.05) is 20.1 Å². The van der Waals surface area contributed by atoms with E-state index in [9.17, 15) is 4.39 Å². The molecule has 1 aromatic rings. The second-order valence-corrected chi connectivity index (χ2v) is 5.85. The molecule has 3 rings (SSSR count). The zero-order chi connectivity index (χ0) is 12.7. The summed E-state index contributed by atoms with van der Waals surface area (Å²) in [6.45, 7) is 1.75. The van der Waals surface area contributed by atoms with Crippen LogP contribution in [0.4, 0.5) is 4.39 Å². The van der Waals surface area contributed by atoms with Gasteiger partial charge in [-0.05, 0) is 61.9 Å². The molecule has 0 aromatic heterocycles. The number of benzene rings is 1. The smallest absolute Gasteiger partial charge is 0.127 e. The van der Waals surface area contributed by atoms with Gasteiger partial charge in [-0.3, -0.25) is 4.90 Å². The largest absolute Gasteiger partial charge is 0.330 e. The minimum atomic E-state index is -0.0143. The summed E-state index contributed by atoms with van der Waals surface area (Å²) in [5.74, 6) is 1.02. The highest BCUT2D eigenvalue weighted by Crippen LogP contribution is 2.42. The Balaban J connectivity index is 1.82. The predicted octanol–water partition coefficient (Wildman–Crippen LogP) is 2.65. The first-order valence-electron chi connectivity index (χ1n) is 6.88.